The van der Waals surface area contributed by atoms with E-state index in [-0.39, 0.29) is 11.9 Å². The summed E-state index contributed by atoms with van der Waals surface area (Å²) in [7, 11) is 0. The zero-order valence-electron chi connectivity index (χ0n) is 12.3. The van der Waals surface area contributed by atoms with Crippen LogP contribution >= 0.6 is 27.5 Å². The average Bonchev–Trinajstić information content (AvgIpc) is 2.45. The molecule has 0 aromatic heterocycles. The molecule has 1 atom stereocenters. The lowest BCUT2D eigenvalue weighted by Gasteiger charge is -2.21. The molecule has 1 N–H and O–H groups in total. The van der Waals surface area contributed by atoms with Crippen molar-refractivity contribution in [2.24, 2.45) is 0 Å². The maximum absolute atomic E-state index is 13.8. The largest absolute Gasteiger partial charge is 0.307 e. The summed E-state index contributed by atoms with van der Waals surface area (Å²) >= 11 is 9.60. The Morgan fingerprint density at radius 3 is 2.29 bits per heavy atom. The number of rotatable bonds is 4. The maximum atomic E-state index is 13.8. The van der Waals surface area contributed by atoms with Gasteiger partial charge in [0, 0.05) is 4.47 Å². The smallest absolute Gasteiger partial charge is 0.129 e. The lowest BCUT2D eigenvalue weighted by molar-refractivity contribution is 0.598. The second kappa shape index (κ2) is 6.91. The molecule has 0 aliphatic heterocycles. The lowest BCUT2D eigenvalue weighted by atomic mass is 9.95. The van der Waals surface area contributed by atoms with Crippen molar-refractivity contribution >= 4 is 27.5 Å². The van der Waals surface area contributed by atoms with Crippen molar-refractivity contribution in [2.75, 3.05) is 6.54 Å². The molecule has 2 rings (SSSR count). The molecule has 1 nitrogen and oxygen atoms in total. The van der Waals surface area contributed by atoms with Crippen LogP contribution in [0.25, 0.3) is 0 Å². The van der Waals surface area contributed by atoms with Gasteiger partial charge in [-0.2, -0.15) is 0 Å². The van der Waals surface area contributed by atoms with E-state index in [0.717, 1.165) is 22.1 Å². The molecule has 0 radical (unpaired) electrons. The van der Waals surface area contributed by atoms with Gasteiger partial charge in [0.25, 0.3) is 0 Å². The monoisotopic (exact) mass is 369 g/mol. The lowest BCUT2D eigenvalue weighted by Crippen LogP contribution is -2.22. The van der Waals surface area contributed by atoms with Crippen molar-refractivity contribution in [3.8, 4) is 0 Å². The Labute approximate surface area is 138 Å². The van der Waals surface area contributed by atoms with Crippen LogP contribution < -0.4 is 5.32 Å². The molecule has 112 valence electrons. The Morgan fingerprint density at radius 2 is 1.76 bits per heavy atom. The third kappa shape index (κ3) is 3.65. The van der Waals surface area contributed by atoms with E-state index in [1.165, 1.54) is 0 Å². The number of hydrogen-bond donors (Lipinski definition) is 1. The van der Waals surface area contributed by atoms with Crippen LogP contribution in [0.3, 0.4) is 0 Å². The zero-order valence-corrected chi connectivity index (χ0v) is 14.6. The SMILES string of the molecule is CCNC(c1cc(C)c(F)c(C)c1)c1ccc(Br)c(Cl)c1. The minimum atomic E-state index is -0.136. The van der Waals surface area contributed by atoms with Crippen molar-refractivity contribution in [3.05, 3.63) is 67.9 Å². The molecule has 0 amide bonds. The van der Waals surface area contributed by atoms with E-state index in [0.29, 0.717) is 16.1 Å². The van der Waals surface area contributed by atoms with E-state index >= 15 is 0 Å². The summed E-state index contributed by atoms with van der Waals surface area (Å²) in [5.74, 6) is -0.136. The van der Waals surface area contributed by atoms with Gasteiger partial charge in [-0.25, -0.2) is 4.39 Å². The van der Waals surface area contributed by atoms with Crippen LogP contribution in [-0.4, -0.2) is 6.54 Å². The molecule has 2 aromatic carbocycles. The van der Waals surface area contributed by atoms with E-state index in [2.05, 4.69) is 28.2 Å². The third-order valence-corrected chi connectivity index (χ3v) is 4.71. The quantitative estimate of drug-likeness (QED) is 0.743. The van der Waals surface area contributed by atoms with Crippen LogP contribution in [-0.2, 0) is 0 Å². The highest BCUT2D eigenvalue weighted by atomic mass is 79.9. The third-order valence-electron chi connectivity index (χ3n) is 3.48. The van der Waals surface area contributed by atoms with Gasteiger partial charge in [0.1, 0.15) is 5.82 Å². The molecule has 21 heavy (non-hydrogen) atoms. The molecule has 0 fully saturated rings. The highest BCUT2D eigenvalue weighted by molar-refractivity contribution is 9.10. The first-order chi connectivity index (χ1) is 9.93. The van der Waals surface area contributed by atoms with Gasteiger partial charge >= 0.3 is 0 Å². The summed E-state index contributed by atoms with van der Waals surface area (Å²) < 4.78 is 14.7. The fraction of sp³-hybridized carbons (Fsp3) is 0.294. The van der Waals surface area contributed by atoms with Crippen molar-refractivity contribution < 1.29 is 4.39 Å². The van der Waals surface area contributed by atoms with Crippen molar-refractivity contribution in [3.63, 3.8) is 0 Å². The van der Waals surface area contributed by atoms with Gasteiger partial charge in [-0.3, -0.25) is 0 Å². The molecule has 0 aliphatic rings. The van der Waals surface area contributed by atoms with Gasteiger partial charge in [-0.15, -0.1) is 0 Å². The zero-order chi connectivity index (χ0) is 15.6. The van der Waals surface area contributed by atoms with Crippen LogP contribution in [0.4, 0.5) is 4.39 Å². The second-order valence-electron chi connectivity index (χ2n) is 5.13. The highest BCUT2D eigenvalue weighted by Crippen LogP contribution is 2.30. The van der Waals surface area contributed by atoms with Crippen molar-refractivity contribution in [2.45, 2.75) is 26.8 Å². The molecule has 0 saturated heterocycles. The first-order valence-electron chi connectivity index (χ1n) is 6.89. The second-order valence-corrected chi connectivity index (χ2v) is 6.39. The van der Waals surface area contributed by atoms with Crippen LogP contribution in [0.2, 0.25) is 5.02 Å². The van der Waals surface area contributed by atoms with E-state index in [1.54, 1.807) is 13.8 Å². The first-order valence-corrected chi connectivity index (χ1v) is 8.06. The molecule has 0 heterocycles. The summed E-state index contributed by atoms with van der Waals surface area (Å²) in [6, 6.07) is 9.69. The fourth-order valence-electron chi connectivity index (χ4n) is 2.47. The average molecular weight is 371 g/mol. The van der Waals surface area contributed by atoms with Gasteiger partial charge in [-0.05, 0) is 70.7 Å². The normalized spacial score (nSPS) is 12.5. The summed E-state index contributed by atoms with van der Waals surface area (Å²) in [6.45, 7) is 6.46. The van der Waals surface area contributed by atoms with E-state index in [9.17, 15) is 4.39 Å². The molecule has 2 aromatic rings. The number of nitrogens with one attached hydrogen (secondary N) is 1. The van der Waals surface area contributed by atoms with Crippen LogP contribution in [0.15, 0.2) is 34.8 Å². The molecule has 1 unspecified atom stereocenters. The van der Waals surface area contributed by atoms with Gasteiger partial charge in [0.05, 0.1) is 11.1 Å². The predicted octanol–water partition coefficient (Wildman–Crippen LogP) is 5.56. The van der Waals surface area contributed by atoms with Crippen molar-refractivity contribution in [1.82, 2.24) is 5.32 Å². The van der Waals surface area contributed by atoms with Gasteiger partial charge < -0.3 is 5.32 Å². The molecule has 0 saturated carbocycles. The Kier molecular flexibility index (Phi) is 5.42. The van der Waals surface area contributed by atoms with E-state index in [1.807, 2.05) is 30.3 Å². The van der Waals surface area contributed by atoms with Gasteiger partial charge in [0.15, 0.2) is 0 Å². The molecular weight excluding hydrogens is 353 g/mol. The number of halogens is 3. The molecule has 0 spiro atoms. The predicted molar refractivity (Wildman–Crippen MR) is 90.5 cm³/mol. The molecule has 0 bridgehead atoms. The number of benzene rings is 2. The minimum Gasteiger partial charge on any atom is -0.307 e. The molecule has 4 heteroatoms. The fourth-order valence-corrected chi connectivity index (χ4v) is 2.91. The summed E-state index contributed by atoms with van der Waals surface area (Å²) in [4.78, 5) is 0. The minimum absolute atomic E-state index is 0.00130. The van der Waals surface area contributed by atoms with E-state index in [4.69, 9.17) is 11.6 Å². The Bertz CT molecular complexity index is 634. The summed E-state index contributed by atoms with van der Waals surface area (Å²) in [6.07, 6.45) is 0. The Balaban J connectivity index is 2.50. The first kappa shape index (κ1) is 16.5. The Morgan fingerprint density at radius 1 is 1.14 bits per heavy atom. The van der Waals surface area contributed by atoms with Gasteiger partial charge in [-0.1, -0.05) is 36.7 Å². The van der Waals surface area contributed by atoms with Crippen LogP contribution in [0, 0.1) is 19.7 Å². The van der Waals surface area contributed by atoms with Gasteiger partial charge in [0.2, 0.25) is 0 Å². The molecule has 0 aliphatic carbocycles. The topological polar surface area (TPSA) is 12.0 Å². The van der Waals surface area contributed by atoms with Crippen LogP contribution in [0.5, 0.6) is 0 Å². The van der Waals surface area contributed by atoms with E-state index < -0.39 is 0 Å². The van der Waals surface area contributed by atoms with Crippen LogP contribution in [0.1, 0.15) is 35.2 Å². The Hall–Kier alpha value is -0.900. The summed E-state index contributed by atoms with van der Waals surface area (Å²) in [5, 5.41) is 4.11. The molecular formula is C17H18BrClFN. The maximum Gasteiger partial charge on any atom is 0.129 e. The van der Waals surface area contributed by atoms with Crippen molar-refractivity contribution in [1.29, 1.82) is 0 Å². The highest BCUT2D eigenvalue weighted by Gasteiger charge is 2.16. The standard InChI is InChI=1S/C17H18BrClFN/c1-4-21-17(12-5-6-14(18)15(19)9-12)13-7-10(2)16(20)11(3)8-13/h5-9,17,21H,4H2,1-3H3. The number of aryl methyl sites for hydroxylation is 2. The summed E-state index contributed by atoms with van der Waals surface area (Å²) in [5.41, 5.74) is 3.44. The number of hydrogen-bond acceptors (Lipinski definition) is 1.